The second kappa shape index (κ2) is 12.0. The number of carbonyl (C=O) groups is 2. The lowest BCUT2D eigenvalue weighted by molar-refractivity contribution is -0.145. The molecule has 1 aromatic heterocycles. The Kier molecular flexibility index (Phi) is 9.43. The Morgan fingerprint density at radius 1 is 1.13 bits per heavy atom. The maximum atomic E-state index is 12.4. The Morgan fingerprint density at radius 2 is 1.87 bits per heavy atom. The maximum absolute atomic E-state index is 12.4. The maximum Gasteiger partial charge on any atom is 0.273 e. The molecule has 30 heavy (non-hydrogen) atoms. The topological polar surface area (TPSA) is 107 Å². The minimum atomic E-state index is -0.443. The first-order chi connectivity index (χ1) is 14.5. The van der Waals surface area contributed by atoms with E-state index >= 15 is 0 Å². The third-order valence-corrected chi connectivity index (χ3v) is 4.44. The van der Waals surface area contributed by atoms with Gasteiger partial charge in [0.2, 0.25) is 0 Å². The summed E-state index contributed by atoms with van der Waals surface area (Å²) in [5.41, 5.74) is 1.58. The average Bonchev–Trinajstić information content (AvgIpc) is 3.21. The van der Waals surface area contributed by atoms with Gasteiger partial charge in [-0.3, -0.25) is 9.59 Å². The molecule has 1 heterocycles. The summed E-state index contributed by atoms with van der Waals surface area (Å²) in [6.45, 7) is 9.39. The molecular weight excluding hydrogens is 386 g/mol. The van der Waals surface area contributed by atoms with Crippen molar-refractivity contribution in [3.63, 3.8) is 0 Å². The number of rotatable bonds is 12. The molecule has 9 heteroatoms. The van der Waals surface area contributed by atoms with Gasteiger partial charge in [-0.05, 0) is 44.9 Å². The molecular formula is C21H31N5O4. The third kappa shape index (κ3) is 7.23. The Hall–Kier alpha value is -2.78. The number of nitrogens with zero attached hydrogens (tertiary/aromatic N) is 3. The summed E-state index contributed by atoms with van der Waals surface area (Å²) >= 11 is 0. The van der Waals surface area contributed by atoms with E-state index in [-0.39, 0.29) is 30.1 Å². The van der Waals surface area contributed by atoms with Crippen molar-refractivity contribution in [3.05, 3.63) is 47.3 Å². The number of hydrogen-bond donors (Lipinski definition) is 2. The van der Waals surface area contributed by atoms with E-state index in [4.69, 9.17) is 9.47 Å². The van der Waals surface area contributed by atoms with Crippen molar-refractivity contribution in [2.75, 3.05) is 13.2 Å². The first kappa shape index (κ1) is 23.5. The van der Waals surface area contributed by atoms with Crippen LogP contribution in [0.1, 0.15) is 60.5 Å². The molecule has 0 fully saturated rings. The molecule has 2 N–H and O–H groups in total. The quantitative estimate of drug-likeness (QED) is 0.512. The van der Waals surface area contributed by atoms with E-state index in [1.807, 2.05) is 33.8 Å². The van der Waals surface area contributed by atoms with Crippen LogP contribution in [0.5, 0.6) is 0 Å². The monoisotopic (exact) mass is 417 g/mol. The number of amides is 2. The molecule has 0 saturated carbocycles. The zero-order chi connectivity index (χ0) is 21.9. The standard InChI is InChI=1S/C21H31N5O4/c1-5-15(4)23-20(27)17-10-8-9-16(11-17)12-22-21(28)18-13-26(25-24-18)14-19(29-6-2)30-7-3/h8-11,13,15,19H,5-7,12,14H2,1-4H3,(H,22,28)(H,23,27). The van der Waals surface area contributed by atoms with Gasteiger partial charge >= 0.3 is 0 Å². The van der Waals surface area contributed by atoms with Gasteiger partial charge in [0.05, 0.1) is 12.7 Å². The highest BCUT2D eigenvalue weighted by Gasteiger charge is 2.15. The molecule has 0 radical (unpaired) electrons. The van der Waals surface area contributed by atoms with Crippen molar-refractivity contribution in [2.24, 2.45) is 0 Å². The normalized spacial score (nSPS) is 12.0. The predicted octanol–water partition coefficient (Wildman–Crippen LogP) is 2.14. The first-order valence-corrected chi connectivity index (χ1v) is 10.3. The van der Waals surface area contributed by atoms with Gasteiger partial charge in [0, 0.05) is 31.4 Å². The van der Waals surface area contributed by atoms with Crippen molar-refractivity contribution in [3.8, 4) is 0 Å². The predicted molar refractivity (Wildman–Crippen MR) is 112 cm³/mol. The van der Waals surface area contributed by atoms with E-state index in [1.54, 1.807) is 24.4 Å². The molecule has 0 aliphatic rings. The SMILES string of the molecule is CCOC(Cn1cc(C(=O)NCc2cccc(C(=O)NC(C)CC)c2)nn1)OCC. The first-order valence-electron chi connectivity index (χ1n) is 10.3. The molecule has 2 rings (SSSR count). The van der Waals surface area contributed by atoms with Crippen LogP contribution in [0.15, 0.2) is 30.5 Å². The fourth-order valence-electron chi connectivity index (χ4n) is 2.67. The van der Waals surface area contributed by atoms with Crippen molar-refractivity contribution in [1.29, 1.82) is 0 Å². The van der Waals surface area contributed by atoms with Gasteiger partial charge < -0.3 is 20.1 Å². The summed E-state index contributed by atoms with van der Waals surface area (Å²) < 4.78 is 12.5. The van der Waals surface area contributed by atoms with Gasteiger partial charge in [0.15, 0.2) is 12.0 Å². The smallest absolute Gasteiger partial charge is 0.273 e. The van der Waals surface area contributed by atoms with Crippen LogP contribution in [0.25, 0.3) is 0 Å². The Bertz CT molecular complexity index is 817. The van der Waals surface area contributed by atoms with Crippen LogP contribution in [0.2, 0.25) is 0 Å². The molecule has 0 spiro atoms. The molecule has 2 aromatic rings. The summed E-state index contributed by atoms with van der Waals surface area (Å²) in [5, 5.41) is 13.6. The second-order valence-electron chi connectivity index (χ2n) is 6.83. The molecule has 0 saturated heterocycles. The van der Waals surface area contributed by atoms with E-state index in [0.29, 0.717) is 25.3 Å². The highest BCUT2D eigenvalue weighted by molar-refractivity contribution is 5.94. The van der Waals surface area contributed by atoms with Gasteiger partial charge in [0.1, 0.15) is 0 Å². The number of carbonyl (C=O) groups excluding carboxylic acids is 2. The van der Waals surface area contributed by atoms with Crippen LogP contribution in [0.4, 0.5) is 0 Å². The third-order valence-electron chi connectivity index (χ3n) is 4.44. The van der Waals surface area contributed by atoms with Crippen molar-refractivity contribution in [2.45, 2.75) is 59.5 Å². The largest absolute Gasteiger partial charge is 0.351 e. The van der Waals surface area contributed by atoms with Crippen LogP contribution in [0.3, 0.4) is 0 Å². The van der Waals surface area contributed by atoms with Crippen LogP contribution < -0.4 is 10.6 Å². The average molecular weight is 418 g/mol. The van der Waals surface area contributed by atoms with E-state index in [2.05, 4.69) is 20.9 Å². The van der Waals surface area contributed by atoms with Gasteiger partial charge in [-0.2, -0.15) is 0 Å². The highest BCUT2D eigenvalue weighted by atomic mass is 16.7. The van der Waals surface area contributed by atoms with Gasteiger partial charge in [-0.1, -0.05) is 24.3 Å². The molecule has 2 amide bonds. The van der Waals surface area contributed by atoms with Crippen molar-refractivity contribution >= 4 is 11.8 Å². The summed E-state index contributed by atoms with van der Waals surface area (Å²) in [6, 6.07) is 7.27. The van der Waals surface area contributed by atoms with E-state index in [1.165, 1.54) is 4.68 Å². The molecule has 164 valence electrons. The molecule has 0 aliphatic carbocycles. The van der Waals surface area contributed by atoms with Crippen LogP contribution >= 0.6 is 0 Å². The minimum Gasteiger partial charge on any atom is -0.351 e. The summed E-state index contributed by atoms with van der Waals surface area (Å²) in [5.74, 6) is -0.473. The number of hydrogen-bond acceptors (Lipinski definition) is 6. The Morgan fingerprint density at radius 3 is 2.53 bits per heavy atom. The van der Waals surface area contributed by atoms with E-state index < -0.39 is 6.29 Å². The summed E-state index contributed by atoms with van der Waals surface area (Å²) in [7, 11) is 0. The van der Waals surface area contributed by atoms with E-state index in [0.717, 1.165) is 12.0 Å². The highest BCUT2D eigenvalue weighted by Crippen LogP contribution is 2.07. The molecule has 1 aromatic carbocycles. The van der Waals surface area contributed by atoms with Gasteiger partial charge in [-0.25, -0.2) is 4.68 Å². The molecule has 0 bridgehead atoms. The fraction of sp³-hybridized carbons (Fsp3) is 0.524. The van der Waals surface area contributed by atoms with Crippen LogP contribution in [0, 0.1) is 0 Å². The number of ether oxygens (including phenoxy) is 2. The van der Waals surface area contributed by atoms with E-state index in [9.17, 15) is 9.59 Å². The zero-order valence-electron chi connectivity index (χ0n) is 18.1. The molecule has 9 nitrogen and oxygen atoms in total. The summed E-state index contributed by atoms with van der Waals surface area (Å²) in [4.78, 5) is 24.7. The lowest BCUT2D eigenvalue weighted by atomic mass is 10.1. The Labute approximate surface area is 177 Å². The molecule has 0 aliphatic heterocycles. The number of aromatic nitrogens is 3. The van der Waals surface area contributed by atoms with Crippen molar-refractivity contribution in [1.82, 2.24) is 25.6 Å². The fourth-order valence-corrected chi connectivity index (χ4v) is 2.67. The van der Waals surface area contributed by atoms with Crippen LogP contribution in [-0.2, 0) is 22.6 Å². The van der Waals surface area contributed by atoms with Gasteiger partial charge in [-0.15, -0.1) is 5.10 Å². The molecule has 1 unspecified atom stereocenters. The zero-order valence-corrected chi connectivity index (χ0v) is 18.1. The lowest BCUT2D eigenvalue weighted by Gasteiger charge is -2.16. The minimum absolute atomic E-state index is 0.105. The number of nitrogens with one attached hydrogen (secondary N) is 2. The summed E-state index contributed by atoms with van der Waals surface area (Å²) in [6.07, 6.45) is 1.97. The van der Waals surface area contributed by atoms with Crippen molar-refractivity contribution < 1.29 is 19.1 Å². The lowest BCUT2D eigenvalue weighted by Crippen LogP contribution is -2.32. The Balaban J connectivity index is 1.92. The second-order valence-corrected chi connectivity index (χ2v) is 6.83. The number of benzene rings is 1. The van der Waals surface area contributed by atoms with Crippen LogP contribution in [-0.4, -0.2) is 52.4 Å². The van der Waals surface area contributed by atoms with Gasteiger partial charge in [0.25, 0.3) is 11.8 Å². The molecule has 1 atom stereocenters.